The van der Waals surface area contributed by atoms with Gasteiger partial charge in [0.2, 0.25) is 0 Å². The number of amides is 2. The van der Waals surface area contributed by atoms with Crippen molar-refractivity contribution in [3.63, 3.8) is 0 Å². The molecule has 2 amide bonds. The molecule has 0 spiro atoms. The third-order valence-corrected chi connectivity index (χ3v) is 4.10. The summed E-state index contributed by atoms with van der Waals surface area (Å²) < 4.78 is 0. The lowest BCUT2D eigenvalue weighted by Gasteiger charge is -2.37. The molecule has 0 aliphatic carbocycles. The van der Waals surface area contributed by atoms with Gasteiger partial charge in [-0.05, 0) is 18.8 Å². The zero-order valence-corrected chi connectivity index (χ0v) is 11.5. The number of nitrogens with zero attached hydrogens (tertiary/aromatic N) is 2. The highest BCUT2D eigenvalue weighted by molar-refractivity contribution is 7.09. The van der Waals surface area contributed by atoms with E-state index in [0.717, 1.165) is 17.8 Å². The van der Waals surface area contributed by atoms with E-state index >= 15 is 0 Å². The van der Waals surface area contributed by atoms with Crippen LogP contribution in [0.5, 0.6) is 0 Å². The Morgan fingerprint density at radius 2 is 2.42 bits per heavy atom. The van der Waals surface area contributed by atoms with Crippen LogP contribution >= 0.6 is 11.3 Å². The molecule has 2 unspecified atom stereocenters. The van der Waals surface area contributed by atoms with Gasteiger partial charge < -0.3 is 15.3 Å². The molecule has 1 fully saturated rings. The van der Waals surface area contributed by atoms with E-state index in [2.05, 4.69) is 10.3 Å². The Kier molecular flexibility index (Phi) is 4.36. The molecule has 1 aromatic heterocycles. The normalized spacial score (nSPS) is 23.1. The van der Waals surface area contributed by atoms with Gasteiger partial charge in [0, 0.05) is 18.1 Å². The predicted molar refractivity (Wildman–Crippen MR) is 70.9 cm³/mol. The summed E-state index contributed by atoms with van der Waals surface area (Å²) in [5.41, 5.74) is 0. The molecule has 6 nitrogen and oxygen atoms in total. The van der Waals surface area contributed by atoms with Crippen molar-refractivity contribution in [1.29, 1.82) is 0 Å². The molecule has 0 saturated carbocycles. The first-order chi connectivity index (χ1) is 9.09. The topological polar surface area (TPSA) is 82.5 Å². The minimum atomic E-state index is -0.934. The Balaban J connectivity index is 1.97. The standard InChI is InChI=1S/C12H17N3O3S/c1-8-3-2-5-15(10(8)11(16)17)12(18)14-7-9-13-4-6-19-9/h4,6,8,10H,2-3,5,7H2,1H3,(H,14,18)(H,16,17). The fraction of sp³-hybridized carbons (Fsp3) is 0.583. The summed E-state index contributed by atoms with van der Waals surface area (Å²) >= 11 is 1.46. The zero-order chi connectivity index (χ0) is 13.8. The predicted octanol–water partition coefficient (Wildman–Crippen LogP) is 1.54. The first kappa shape index (κ1) is 13.8. The molecule has 0 aromatic carbocycles. The van der Waals surface area contributed by atoms with Crippen LogP contribution in [-0.2, 0) is 11.3 Å². The van der Waals surface area contributed by atoms with Gasteiger partial charge in [0.05, 0.1) is 6.54 Å². The van der Waals surface area contributed by atoms with Gasteiger partial charge in [-0.3, -0.25) is 0 Å². The summed E-state index contributed by atoms with van der Waals surface area (Å²) in [4.78, 5) is 28.9. The number of carboxylic acid groups (broad SMARTS) is 1. The zero-order valence-electron chi connectivity index (χ0n) is 10.7. The molecule has 2 heterocycles. The number of aliphatic carboxylic acids is 1. The molecule has 2 rings (SSSR count). The lowest BCUT2D eigenvalue weighted by Crippen LogP contribution is -2.54. The van der Waals surface area contributed by atoms with Crippen molar-refractivity contribution in [2.75, 3.05) is 6.54 Å². The van der Waals surface area contributed by atoms with Crippen LogP contribution in [0, 0.1) is 5.92 Å². The summed E-state index contributed by atoms with van der Waals surface area (Å²) in [5, 5.41) is 14.6. The van der Waals surface area contributed by atoms with Gasteiger partial charge in [-0.1, -0.05) is 6.92 Å². The van der Waals surface area contributed by atoms with Crippen molar-refractivity contribution in [1.82, 2.24) is 15.2 Å². The maximum Gasteiger partial charge on any atom is 0.326 e. The van der Waals surface area contributed by atoms with Crippen molar-refractivity contribution < 1.29 is 14.7 Å². The van der Waals surface area contributed by atoms with Gasteiger partial charge >= 0.3 is 12.0 Å². The van der Waals surface area contributed by atoms with Crippen molar-refractivity contribution in [3.05, 3.63) is 16.6 Å². The molecule has 0 bridgehead atoms. The molecule has 104 valence electrons. The van der Waals surface area contributed by atoms with Crippen LogP contribution in [0.15, 0.2) is 11.6 Å². The molecule has 1 aromatic rings. The summed E-state index contributed by atoms with van der Waals surface area (Å²) in [6.45, 7) is 2.71. The maximum absolute atomic E-state index is 12.1. The van der Waals surface area contributed by atoms with Crippen LogP contribution in [-0.4, -0.2) is 39.6 Å². The average Bonchev–Trinajstić information content (AvgIpc) is 2.88. The Morgan fingerprint density at radius 3 is 3.05 bits per heavy atom. The molecule has 0 radical (unpaired) electrons. The second-order valence-electron chi connectivity index (χ2n) is 4.68. The average molecular weight is 283 g/mol. The van der Waals surface area contributed by atoms with Crippen molar-refractivity contribution in [3.8, 4) is 0 Å². The number of aromatic nitrogens is 1. The number of carbonyl (C=O) groups is 2. The highest BCUT2D eigenvalue weighted by Crippen LogP contribution is 2.23. The lowest BCUT2D eigenvalue weighted by molar-refractivity contribution is -0.145. The second kappa shape index (κ2) is 6.01. The third-order valence-electron chi connectivity index (χ3n) is 3.32. The van der Waals surface area contributed by atoms with Crippen molar-refractivity contribution >= 4 is 23.3 Å². The fourth-order valence-corrected chi connectivity index (χ4v) is 2.94. The maximum atomic E-state index is 12.1. The van der Waals surface area contributed by atoms with E-state index in [4.69, 9.17) is 0 Å². The summed E-state index contributed by atoms with van der Waals surface area (Å²) in [5.74, 6) is -0.950. The summed E-state index contributed by atoms with van der Waals surface area (Å²) in [6, 6.07) is -1.06. The minimum absolute atomic E-state index is 0.0168. The van der Waals surface area contributed by atoms with Crippen LogP contribution in [0.1, 0.15) is 24.8 Å². The number of urea groups is 1. The molecular formula is C12H17N3O3S. The Labute approximate surface area is 115 Å². The molecule has 1 aliphatic rings. The van der Waals surface area contributed by atoms with E-state index in [9.17, 15) is 14.7 Å². The minimum Gasteiger partial charge on any atom is -0.480 e. The smallest absolute Gasteiger partial charge is 0.326 e. The molecule has 2 N–H and O–H groups in total. The number of rotatable bonds is 3. The monoisotopic (exact) mass is 283 g/mol. The van der Waals surface area contributed by atoms with E-state index in [1.54, 1.807) is 6.20 Å². The van der Waals surface area contributed by atoms with Gasteiger partial charge in [-0.25, -0.2) is 14.6 Å². The number of piperidine rings is 1. The van der Waals surface area contributed by atoms with Crippen molar-refractivity contribution in [2.24, 2.45) is 5.92 Å². The second-order valence-corrected chi connectivity index (χ2v) is 5.66. The molecule has 2 atom stereocenters. The number of carbonyl (C=O) groups excluding carboxylic acids is 1. The number of thiazole rings is 1. The third kappa shape index (κ3) is 3.23. The van der Waals surface area contributed by atoms with Crippen molar-refractivity contribution in [2.45, 2.75) is 32.4 Å². The van der Waals surface area contributed by atoms with Crippen LogP contribution in [0.4, 0.5) is 4.79 Å². The SMILES string of the molecule is CC1CCCN(C(=O)NCc2nccs2)C1C(=O)O. The Bertz CT molecular complexity index is 449. The number of carboxylic acids is 1. The summed E-state index contributed by atoms with van der Waals surface area (Å²) in [7, 11) is 0. The fourth-order valence-electron chi connectivity index (χ4n) is 2.39. The summed E-state index contributed by atoms with van der Waals surface area (Å²) in [6.07, 6.45) is 3.36. The lowest BCUT2D eigenvalue weighted by atomic mass is 9.91. The quantitative estimate of drug-likeness (QED) is 0.881. The van der Waals surface area contributed by atoms with E-state index in [1.807, 2.05) is 12.3 Å². The van der Waals surface area contributed by atoms with E-state index in [-0.39, 0.29) is 11.9 Å². The number of likely N-dealkylation sites (tertiary alicyclic amines) is 1. The van der Waals surface area contributed by atoms with Gasteiger partial charge in [0.15, 0.2) is 0 Å². The van der Waals surface area contributed by atoms with Crippen LogP contribution in [0.2, 0.25) is 0 Å². The van der Waals surface area contributed by atoms with Crippen LogP contribution in [0.25, 0.3) is 0 Å². The van der Waals surface area contributed by atoms with E-state index in [1.165, 1.54) is 16.2 Å². The van der Waals surface area contributed by atoms with E-state index < -0.39 is 12.0 Å². The molecule has 1 saturated heterocycles. The number of nitrogens with one attached hydrogen (secondary N) is 1. The van der Waals surface area contributed by atoms with Gasteiger partial charge in [-0.2, -0.15) is 0 Å². The first-order valence-corrected chi connectivity index (χ1v) is 7.13. The van der Waals surface area contributed by atoms with Gasteiger partial charge in [0.1, 0.15) is 11.0 Å². The Hall–Kier alpha value is -1.63. The number of hydrogen-bond donors (Lipinski definition) is 2. The van der Waals surface area contributed by atoms with Crippen LogP contribution in [0.3, 0.4) is 0 Å². The van der Waals surface area contributed by atoms with Crippen LogP contribution < -0.4 is 5.32 Å². The largest absolute Gasteiger partial charge is 0.480 e. The molecule has 19 heavy (non-hydrogen) atoms. The first-order valence-electron chi connectivity index (χ1n) is 6.25. The molecule has 7 heteroatoms. The van der Waals surface area contributed by atoms with Gasteiger partial charge in [0.25, 0.3) is 0 Å². The van der Waals surface area contributed by atoms with Gasteiger partial charge in [-0.15, -0.1) is 11.3 Å². The molecule has 1 aliphatic heterocycles. The van der Waals surface area contributed by atoms with E-state index in [0.29, 0.717) is 13.1 Å². The highest BCUT2D eigenvalue weighted by atomic mass is 32.1. The highest BCUT2D eigenvalue weighted by Gasteiger charge is 2.36. The Morgan fingerprint density at radius 1 is 1.63 bits per heavy atom. The molecular weight excluding hydrogens is 266 g/mol. The number of hydrogen-bond acceptors (Lipinski definition) is 4.